The van der Waals surface area contributed by atoms with Gasteiger partial charge in [0.1, 0.15) is 6.54 Å². The normalized spacial score (nSPS) is 11.1. The Labute approximate surface area is 84.3 Å². The van der Waals surface area contributed by atoms with Gasteiger partial charge in [0.05, 0.1) is 0 Å². The molecular weight excluding hydrogens is 209 g/mol. The number of halogens is 3. The Kier molecular flexibility index (Phi) is 3.68. The highest BCUT2D eigenvalue weighted by Gasteiger charge is 2.26. The zero-order chi connectivity index (χ0) is 11.3. The van der Waals surface area contributed by atoms with Gasteiger partial charge in [-0.2, -0.15) is 13.2 Å². The fraction of sp³-hybridized carbons (Fsp3) is 0.222. The van der Waals surface area contributed by atoms with Crippen molar-refractivity contribution in [2.45, 2.75) is 6.18 Å². The molecule has 0 radical (unpaired) electrons. The number of alkyl halides is 3. The predicted octanol–water partition coefficient (Wildman–Crippen LogP) is 1.48. The van der Waals surface area contributed by atoms with Crippen LogP contribution in [0.25, 0.3) is 0 Å². The lowest BCUT2D eigenvalue weighted by Gasteiger charge is -2.09. The Morgan fingerprint density at radius 1 is 1.20 bits per heavy atom. The summed E-state index contributed by atoms with van der Waals surface area (Å²) in [5, 5.41) is 0. The summed E-state index contributed by atoms with van der Waals surface area (Å²) < 4.78 is 35.1. The van der Waals surface area contributed by atoms with Crippen molar-refractivity contribution in [1.82, 2.24) is 10.9 Å². The number of carbonyl (C=O) groups is 1. The van der Waals surface area contributed by atoms with Crippen molar-refractivity contribution < 1.29 is 18.0 Å². The SMILES string of the molecule is O=C(NNCC(F)(F)F)c1ccccc1. The van der Waals surface area contributed by atoms with Crippen molar-refractivity contribution in [2.24, 2.45) is 0 Å². The number of amides is 1. The Bertz CT molecular complexity index is 324. The van der Waals surface area contributed by atoms with Crippen LogP contribution in [0.2, 0.25) is 0 Å². The molecule has 0 spiro atoms. The summed E-state index contributed by atoms with van der Waals surface area (Å²) in [6, 6.07) is 7.96. The van der Waals surface area contributed by atoms with Crippen LogP contribution in [0.5, 0.6) is 0 Å². The van der Waals surface area contributed by atoms with Crippen molar-refractivity contribution in [3.05, 3.63) is 35.9 Å². The molecule has 1 aromatic rings. The van der Waals surface area contributed by atoms with E-state index in [4.69, 9.17) is 0 Å². The highest BCUT2D eigenvalue weighted by atomic mass is 19.4. The lowest BCUT2D eigenvalue weighted by atomic mass is 10.2. The third-order valence-corrected chi connectivity index (χ3v) is 1.53. The van der Waals surface area contributed by atoms with Gasteiger partial charge in [-0.3, -0.25) is 10.2 Å². The van der Waals surface area contributed by atoms with E-state index in [1.54, 1.807) is 23.6 Å². The van der Waals surface area contributed by atoms with Crippen LogP contribution in [0, 0.1) is 0 Å². The van der Waals surface area contributed by atoms with Crippen molar-refractivity contribution in [2.75, 3.05) is 6.54 Å². The molecule has 1 amide bonds. The van der Waals surface area contributed by atoms with Gasteiger partial charge >= 0.3 is 6.18 Å². The number of nitrogens with one attached hydrogen (secondary N) is 2. The standard InChI is InChI=1S/C9H9F3N2O/c10-9(11,12)6-13-14-8(15)7-4-2-1-3-5-7/h1-5,13H,6H2,(H,14,15). The second kappa shape index (κ2) is 4.79. The van der Waals surface area contributed by atoms with Crippen LogP contribution < -0.4 is 10.9 Å². The summed E-state index contributed by atoms with van der Waals surface area (Å²) in [7, 11) is 0. The smallest absolute Gasteiger partial charge is 0.287 e. The van der Waals surface area contributed by atoms with Crippen LogP contribution in [0.4, 0.5) is 13.2 Å². The molecule has 2 N–H and O–H groups in total. The van der Waals surface area contributed by atoms with Crippen LogP contribution in [-0.4, -0.2) is 18.6 Å². The first-order chi connectivity index (χ1) is 6.99. The number of hydrogen-bond donors (Lipinski definition) is 2. The minimum Gasteiger partial charge on any atom is -0.287 e. The lowest BCUT2D eigenvalue weighted by Crippen LogP contribution is -2.42. The Morgan fingerprint density at radius 2 is 1.80 bits per heavy atom. The third-order valence-electron chi connectivity index (χ3n) is 1.53. The van der Waals surface area contributed by atoms with Crippen molar-refractivity contribution in [3.63, 3.8) is 0 Å². The number of rotatable bonds is 3. The number of carbonyl (C=O) groups excluding carboxylic acids is 1. The van der Waals surface area contributed by atoms with E-state index in [-0.39, 0.29) is 0 Å². The molecule has 0 unspecified atom stereocenters. The number of hydrogen-bond acceptors (Lipinski definition) is 2. The minimum atomic E-state index is -4.34. The van der Waals surface area contributed by atoms with Crippen molar-refractivity contribution >= 4 is 5.91 Å². The molecule has 0 bridgehead atoms. The predicted molar refractivity (Wildman–Crippen MR) is 48.0 cm³/mol. The van der Waals surface area contributed by atoms with E-state index in [1.807, 2.05) is 5.43 Å². The molecule has 0 atom stereocenters. The number of hydrazine groups is 1. The van der Waals surface area contributed by atoms with Crippen molar-refractivity contribution in [3.8, 4) is 0 Å². The lowest BCUT2D eigenvalue weighted by molar-refractivity contribution is -0.126. The molecule has 0 aliphatic heterocycles. The molecule has 0 aliphatic carbocycles. The van der Waals surface area contributed by atoms with E-state index in [9.17, 15) is 18.0 Å². The van der Waals surface area contributed by atoms with Crippen LogP contribution >= 0.6 is 0 Å². The van der Waals surface area contributed by atoms with E-state index >= 15 is 0 Å². The van der Waals surface area contributed by atoms with Gasteiger partial charge in [0.25, 0.3) is 5.91 Å². The van der Waals surface area contributed by atoms with Gasteiger partial charge in [-0.05, 0) is 12.1 Å². The molecule has 0 saturated heterocycles. The quantitative estimate of drug-likeness (QED) is 0.754. The van der Waals surface area contributed by atoms with Gasteiger partial charge in [0.15, 0.2) is 0 Å². The van der Waals surface area contributed by atoms with E-state index in [1.165, 1.54) is 12.1 Å². The second-order valence-corrected chi connectivity index (χ2v) is 2.79. The maximum atomic E-state index is 11.7. The van der Waals surface area contributed by atoms with Crippen LogP contribution in [0.3, 0.4) is 0 Å². The van der Waals surface area contributed by atoms with Crippen LogP contribution in [0.1, 0.15) is 10.4 Å². The maximum Gasteiger partial charge on any atom is 0.402 e. The maximum absolute atomic E-state index is 11.7. The molecule has 0 heterocycles. The summed E-state index contributed by atoms with van der Waals surface area (Å²) in [6.07, 6.45) is -4.34. The van der Waals surface area contributed by atoms with E-state index in [2.05, 4.69) is 0 Å². The average Bonchev–Trinajstić information content (AvgIpc) is 2.17. The highest BCUT2D eigenvalue weighted by molar-refractivity contribution is 5.93. The Hall–Kier alpha value is -1.56. The molecule has 15 heavy (non-hydrogen) atoms. The first kappa shape index (κ1) is 11.5. The van der Waals surface area contributed by atoms with Gasteiger partial charge in [0.2, 0.25) is 0 Å². The fourth-order valence-corrected chi connectivity index (χ4v) is 0.886. The third kappa shape index (κ3) is 4.46. The van der Waals surface area contributed by atoms with Gasteiger partial charge in [-0.15, -0.1) is 0 Å². The topological polar surface area (TPSA) is 41.1 Å². The summed E-state index contributed by atoms with van der Waals surface area (Å²) in [4.78, 5) is 11.2. The monoisotopic (exact) mass is 218 g/mol. The molecular formula is C9H9F3N2O. The molecule has 1 aromatic carbocycles. The largest absolute Gasteiger partial charge is 0.402 e. The average molecular weight is 218 g/mol. The van der Waals surface area contributed by atoms with E-state index in [0.717, 1.165) is 0 Å². The number of benzene rings is 1. The van der Waals surface area contributed by atoms with Gasteiger partial charge in [-0.1, -0.05) is 18.2 Å². The summed E-state index contributed by atoms with van der Waals surface area (Å²) in [5.41, 5.74) is 4.04. The summed E-state index contributed by atoms with van der Waals surface area (Å²) in [5.74, 6) is -0.597. The first-order valence-corrected chi connectivity index (χ1v) is 4.14. The molecule has 1 rings (SSSR count). The molecule has 82 valence electrons. The molecule has 3 nitrogen and oxygen atoms in total. The zero-order valence-electron chi connectivity index (χ0n) is 7.64. The van der Waals surface area contributed by atoms with E-state index < -0.39 is 18.6 Å². The summed E-state index contributed by atoms with van der Waals surface area (Å²) in [6.45, 7) is -1.26. The first-order valence-electron chi connectivity index (χ1n) is 4.14. The Morgan fingerprint density at radius 3 is 2.33 bits per heavy atom. The van der Waals surface area contributed by atoms with Gasteiger partial charge in [-0.25, -0.2) is 5.43 Å². The zero-order valence-corrected chi connectivity index (χ0v) is 7.64. The van der Waals surface area contributed by atoms with E-state index in [0.29, 0.717) is 5.56 Å². The second-order valence-electron chi connectivity index (χ2n) is 2.79. The molecule has 0 fully saturated rings. The van der Waals surface area contributed by atoms with Crippen LogP contribution in [-0.2, 0) is 0 Å². The molecule has 0 aliphatic rings. The van der Waals surface area contributed by atoms with Crippen molar-refractivity contribution in [1.29, 1.82) is 0 Å². The summed E-state index contributed by atoms with van der Waals surface area (Å²) >= 11 is 0. The molecule has 6 heteroatoms. The van der Waals surface area contributed by atoms with Crippen LogP contribution in [0.15, 0.2) is 30.3 Å². The minimum absolute atomic E-state index is 0.298. The fourth-order valence-electron chi connectivity index (χ4n) is 0.886. The van der Waals surface area contributed by atoms with Gasteiger partial charge < -0.3 is 0 Å². The van der Waals surface area contributed by atoms with Gasteiger partial charge in [0, 0.05) is 5.56 Å². The molecule has 0 saturated carbocycles. The Balaban J connectivity index is 2.38. The highest BCUT2D eigenvalue weighted by Crippen LogP contribution is 2.11. The molecule has 0 aromatic heterocycles.